The topological polar surface area (TPSA) is 52.5 Å². The van der Waals surface area contributed by atoms with Gasteiger partial charge in [-0.2, -0.15) is 0 Å². The Morgan fingerprint density at radius 2 is 2.03 bits per heavy atom. The van der Waals surface area contributed by atoms with Crippen molar-refractivity contribution in [3.05, 3.63) is 34.4 Å². The van der Waals surface area contributed by atoms with Gasteiger partial charge in [0.15, 0.2) is 0 Å². The highest BCUT2D eigenvalue weighted by Gasteiger charge is 2.52. The normalized spacial score (nSPS) is 47.1. The summed E-state index contributed by atoms with van der Waals surface area (Å²) in [6, 6.07) is 0.192. The van der Waals surface area contributed by atoms with Crippen LogP contribution in [0.25, 0.3) is 0 Å². The summed E-state index contributed by atoms with van der Waals surface area (Å²) in [4.78, 5) is 0. The molecule has 9 atom stereocenters. The first-order valence-electron chi connectivity index (χ1n) is 12.5. The average Bonchev–Trinajstić information content (AvgIpc) is 3.09. The molecule has 3 N–H and O–H groups in total. The van der Waals surface area contributed by atoms with Crippen molar-refractivity contribution < 1.29 is 10.2 Å². The van der Waals surface area contributed by atoms with Crippen molar-refractivity contribution in [2.45, 2.75) is 90.9 Å². The van der Waals surface area contributed by atoms with E-state index < -0.39 is 0 Å². The van der Waals surface area contributed by atoms with Crippen molar-refractivity contribution in [3.63, 3.8) is 0 Å². The Morgan fingerprint density at radius 1 is 1.23 bits per heavy atom. The first-order valence-corrected chi connectivity index (χ1v) is 12.5. The molecule has 5 rings (SSSR count). The molecule has 0 amide bonds. The number of nitrogens with one attached hydrogen (secondary N) is 1. The highest BCUT2D eigenvalue weighted by Crippen LogP contribution is 2.61. The molecule has 3 nitrogen and oxygen atoms in total. The molecule has 0 radical (unpaired) electrons. The summed E-state index contributed by atoms with van der Waals surface area (Å²) >= 11 is 0. The van der Waals surface area contributed by atoms with Crippen LogP contribution in [0.1, 0.15) is 72.6 Å². The molecule has 0 unspecified atom stereocenters. The molecule has 2 fully saturated rings. The number of hydrogen-bond donors (Lipinski definition) is 3. The fourth-order valence-electron chi connectivity index (χ4n) is 7.95. The van der Waals surface area contributed by atoms with Gasteiger partial charge in [0.2, 0.25) is 0 Å². The first kappa shape index (κ1) is 21.0. The van der Waals surface area contributed by atoms with Crippen molar-refractivity contribution in [1.29, 1.82) is 0 Å². The smallest absolute Gasteiger partial charge is 0.0702 e. The standard InChI is InChI=1S/C27H41NO2/c1-15-11-25(30)26(28-14-15)17(3)20-7-8-21-22-6-5-18-12-19(29)9-10-27(18,4)24(22)13-23(21)16(20)2/h5,13,15,17,19,21-22,24-26,28-30H,6-12,14H2,1-4H3/t15-,17-,19-,21-,22-,24-,25+,26-,27-/m0/s1. The van der Waals surface area contributed by atoms with Crippen LogP contribution >= 0.6 is 0 Å². The van der Waals surface area contributed by atoms with Crippen LogP contribution in [0.3, 0.4) is 0 Å². The zero-order valence-corrected chi connectivity index (χ0v) is 19.3. The Hall–Kier alpha value is -0.900. The van der Waals surface area contributed by atoms with Crippen LogP contribution in [-0.4, -0.2) is 35.0 Å². The van der Waals surface area contributed by atoms with Crippen molar-refractivity contribution >= 4 is 0 Å². The van der Waals surface area contributed by atoms with Crippen molar-refractivity contribution in [1.82, 2.24) is 5.32 Å². The molecule has 0 aromatic rings. The van der Waals surface area contributed by atoms with Gasteiger partial charge in [0.05, 0.1) is 12.2 Å². The minimum absolute atomic E-state index is 0.136. The van der Waals surface area contributed by atoms with E-state index in [1.54, 1.807) is 11.1 Å². The van der Waals surface area contributed by atoms with Gasteiger partial charge in [0, 0.05) is 6.04 Å². The summed E-state index contributed by atoms with van der Waals surface area (Å²) in [5.74, 6) is 3.04. The zero-order valence-electron chi connectivity index (χ0n) is 19.3. The van der Waals surface area contributed by atoms with E-state index in [0.29, 0.717) is 23.7 Å². The van der Waals surface area contributed by atoms with Gasteiger partial charge in [-0.1, -0.05) is 44.1 Å². The molecule has 0 spiro atoms. The summed E-state index contributed by atoms with van der Waals surface area (Å²) in [5.41, 5.74) is 6.51. The summed E-state index contributed by atoms with van der Waals surface area (Å²) in [6.45, 7) is 10.4. The van der Waals surface area contributed by atoms with Crippen LogP contribution in [-0.2, 0) is 0 Å². The molecular weight excluding hydrogens is 370 g/mol. The Bertz CT molecular complexity index is 795. The van der Waals surface area contributed by atoms with Crippen molar-refractivity contribution in [2.24, 2.45) is 35.0 Å². The summed E-state index contributed by atoms with van der Waals surface area (Å²) in [5, 5.41) is 24.6. The second-order valence-electron chi connectivity index (χ2n) is 11.5. The Morgan fingerprint density at radius 3 is 2.80 bits per heavy atom. The van der Waals surface area contributed by atoms with E-state index in [4.69, 9.17) is 0 Å². The number of piperidine rings is 1. The van der Waals surface area contributed by atoms with Gasteiger partial charge in [-0.15, -0.1) is 0 Å². The molecule has 5 aliphatic rings. The zero-order chi connectivity index (χ0) is 21.2. The number of aliphatic hydroxyl groups is 2. The molecule has 0 bridgehead atoms. The predicted molar refractivity (Wildman–Crippen MR) is 122 cm³/mol. The van der Waals surface area contributed by atoms with Crippen LogP contribution in [0.15, 0.2) is 34.4 Å². The molecule has 30 heavy (non-hydrogen) atoms. The number of rotatable bonds is 2. The van der Waals surface area contributed by atoms with E-state index in [1.807, 2.05) is 0 Å². The number of allylic oxidation sites excluding steroid dienone is 4. The molecular formula is C27H41NO2. The lowest BCUT2D eigenvalue weighted by Gasteiger charge is -2.49. The van der Waals surface area contributed by atoms with Crippen LogP contribution < -0.4 is 5.32 Å². The second kappa shape index (κ2) is 7.60. The fourth-order valence-corrected chi connectivity index (χ4v) is 7.95. The second-order valence-corrected chi connectivity index (χ2v) is 11.5. The number of fused-ring (bicyclic) bond motifs is 5. The van der Waals surface area contributed by atoms with Crippen molar-refractivity contribution in [3.8, 4) is 0 Å². The molecule has 166 valence electrons. The molecule has 0 aromatic heterocycles. The molecule has 1 aliphatic heterocycles. The number of aliphatic hydroxyl groups excluding tert-OH is 2. The van der Waals surface area contributed by atoms with E-state index in [-0.39, 0.29) is 23.7 Å². The molecule has 1 heterocycles. The molecule has 0 aromatic carbocycles. The quantitative estimate of drug-likeness (QED) is 0.574. The van der Waals surface area contributed by atoms with E-state index in [1.165, 1.54) is 30.4 Å². The Labute approximate surface area is 182 Å². The lowest BCUT2D eigenvalue weighted by atomic mass is 9.56. The van der Waals surface area contributed by atoms with Gasteiger partial charge < -0.3 is 15.5 Å². The van der Waals surface area contributed by atoms with Gasteiger partial charge in [0.25, 0.3) is 0 Å². The maximum absolute atomic E-state index is 10.7. The van der Waals surface area contributed by atoms with Crippen LogP contribution in [0.5, 0.6) is 0 Å². The SMILES string of the molecule is CC1=C([C@H](C)[C@@H]2NC[C@@H](C)C[C@H]2O)CC[C@@H]2C1=C[C@H]1[C@H]2CC=C2C[C@@H](O)CC[C@@]21C. The van der Waals surface area contributed by atoms with Crippen LogP contribution in [0.4, 0.5) is 0 Å². The number of hydrogen-bond acceptors (Lipinski definition) is 3. The Kier molecular flexibility index (Phi) is 5.31. The van der Waals surface area contributed by atoms with Gasteiger partial charge >= 0.3 is 0 Å². The van der Waals surface area contributed by atoms with Gasteiger partial charge in [-0.3, -0.25) is 0 Å². The third-order valence-electron chi connectivity index (χ3n) is 9.78. The maximum Gasteiger partial charge on any atom is 0.0702 e. The third-order valence-corrected chi connectivity index (χ3v) is 9.78. The third kappa shape index (κ3) is 3.19. The molecule has 1 saturated heterocycles. The van der Waals surface area contributed by atoms with Gasteiger partial charge in [-0.05, 0) is 105 Å². The highest BCUT2D eigenvalue weighted by atomic mass is 16.3. The summed E-state index contributed by atoms with van der Waals surface area (Å²) in [6.07, 6.45) is 12.3. The largest absolute Gasteiger partial charge is 0.393 e. The van der Waals surface area contributed by atoms with Crippen molar-refractivity contribution in [2.75, 3.05) is 6.54 Å². The van der Waals surface area contributed by atoms with Crippen LogP contribution in [0.2, 0.25) is 0 Å². The summed E-state index contributed by atoms with van der Waals surface area (Å²) in [7, 11) is 0. The monoisotopic (exact) mass is 411 g/mol. The predicted octanol–water partition coefficient (Wildman–Crippen LogP) is 4.76. The summed E-state index contributed by atoms with van der Waals surface area (Å²) < 4.78 is 0. The lowest BCUT2D eigenvalue weighted by Crippen LogP contribution is -2.52. The maximum atomic E-state index is 10.7. The van der Waals surface area contributed by atoms with E-state index in [2.05, 4.69) is 45.2 Å². The minimum atomic E-state index is -0.235. The van der Waals surface area contributed by atoms with E-state index in [9.17, 15) is 10.2 Å². The highest BCUT2D eigenvalue weighted by molar-refractivity contribution is 5.46. The van der Waals surface area contributed by atoms with E-state index >= 15 is 0 Å². The fraction of sp³-hybridized carbons (Fsp3) is 0.778. The lowest BCUT2D eigenvalue weighted by molar-refractivity contribution is 0.0571. The van der Waals surface area contributed by atoms with Crippen LogP contribution in [0, 0.1) is 35.0 Å². The average molecular weight is 412 g/mol. The van der Waals surface area contributed by atoms with Gasteiger partial charge in [0.1, 0.15) is 0 Å². The molecule has 4 aliphatic carbocycles. The molecule has 3 heteroatoms. The Balaban J connectivity index is 1.43. The molecule has 1 saturated carbocycles. The first-order chi connectivity index (χ1) is 14.3. The minimum Gasteiger partial charge on any atom is -0.393 e. The van der Waals surface area contributed by atoms with Gasteiger partial charge in [-0.25, -0.2) is 0 Å². The van der Waals surface area contributed by atoms with E-state index in [0.717, 1.165) is 38.1 Å².